The normalized spacial score (nSPS) is 11.3. The monoisotopic (exact) mass is 558 g/mol. The summed E-state index contributed by atoms with van der Waals surface area (Å²) in [6.45, 7) is 1.78. The van der Waals surface area contributed by atoms with Gasteiger partial charge in [-0.2, -0.15) is 23.7 Å². The van der Waals surface area contributed by atoms with Crippen LogP contribution in [-0.2, 0) is 6.18 Å². The Morgan fingerprint density at radius 1 is 0.722 bits per heavy atom. The van der Waals surface area contributed by atoms with Gasteiger partial charge in [-0.1, -0.05) is 15.9 Å². The summed E-state index contributed by atoms with van der Waals surface area (Å²) in [6, 6.07) is 20.8. The van der Waals surface area contributed by atoms with Crippen molar-refractivity contribution in [2.24, 2.45) is 5.41 Å². The maximum Gasteiger partial charge on any atom is 0.416 e. The molecule has 3 aromatic rings. The molecular formula is C27H22BrF3N2O3. The second-order valence-electron chi connectivity index (χ2n) is 8.30. The lowest BCUT2D eigenvalue weighted by molar-refractivity contribution is -0.137. The van der Waals surface area contributed by atoms with Gasteiger partial charge in [0.05, 0.1) is 34.2 Å². The Bertz CT molecular complexity index is 1190. The van der Waals surface area contributed by atoms with Gasteiger partial charge < -0.3 is 14.2 Å². The van der Waals surface area contributed by atoms with E-state index in [1.165, 1.54) is 6.07 Å². The molecule has 0 heterocycles. The predicted molar refractivity (Wildman–Crippen MR) is 131 cm³/mol. The molecule has 0 saturated heterocycles. The molecule has 0 saturated carbocycles. The fourth-order valence-corrected chi connectivity index (χ4v) is 3.68. The molecule has 0 radical (unpaired) electrons. The van der Waals surface area contributed by atoms with E-state index in [1.54, 1.807) is 55.5 Å². The zero-order valence-corrected chi connectivity index (χ0v) is 20.9. The third-order valence-electron chi connectivity index (χ3n) is 5.26. The lowest BCUT2D eigenvalue weighted by Gasteiger charge is -2.31. The average molecular weight is 559 g/mol. The van der Waals surface area contributed by atoms with Crippen molar-refractivity contribution in [1.82, 2.24) is 0 Å². The summed E-state index contributed by atoms with van der Waals surface area (Å²) in [4.78, 5) is 0. The molecule has 0 aliphatic rings. The van der Waals surface area contributed by atoms with Crippen LogP contribution < -0.4 is 14.2 Å². The summed E-state index contributed by atoms with van der Waals surface area (Å²) in [5.41, 5.74) is -0.191. The molecule has 3 aromatic carbocycles. The number of halogens is 4. The molecule has 36 heavy (non-hydrogen) atoms. The van der Waals surface area contributed by atoms with Gasteiger partial charge in [-0.05, 0) is 79.2 Å². The minimum absolute atomic E-state index is 0.00837. The van der Waals surface area contributed by atoms with Gasteiger partial charge in [0.15, 0.2) is 0 Å². The summed E-state index contributed by atoms with van der Waals surface area (Å²) in [6.07, 6.45) is -4.49. The number of alkyl halides is 4. The SMILES string of the molecule is Cc1cc(OCC(CBr)(COc2ccc(C#N)cc2)COc2ccc(C#N)cc2)cc(C(F)(F)F)c1. The summed E-state index contributed by atoms with van der Waals surface area (Å²) < 4.78 is 57.6. The maximum atomic E-state index is 13.3. The lowest BCUT2D eigenvalue weighted by Crippen LogP contribution is -2.42. The van der Waals surface area contributed by atoms with E-state index >= 15 is 0 Å². The summed E-state index contributed by atoms with van der Waals surface area (Å²) in [5.74, 6) is 1.13. The number of nitrogens with zero attached hydrogens (tertiary/aromatic N) is 2. The van der Waals surface area contributed by atoms with Crippen LogP contribution in [0.3, 0.4) is 0 Å². The van der Waals surface area contributed by atoms with Crippen LogP contribution >= 0.6 is 15.9 Å². The van der Waals surface area contributed by atoms with Crippen molar-refractivity contribution in [3.63, 3.8) is 0 Å². The lowest BCUT2D eigenvalue weighted by atomic mass is 9.94. The summed E-state index contributed by atoms with van der Waals surface area (Å²) >= 11 is 3.49. The molecule has 3 rings (SSSR count). The van der Waals surface area contributed by atoms with Crippen LogP contribution in [0.2, 0.25) is 0 Å². The van der Waals surface area contributed by atoms with Crippen molar-refractivity contribution < 1.29 is 27.4 Å². The highest BCUT2D eigenvalue weighted by Gasteiger charge is 2.34. The van der Waals surface area contributed by atoms with Crippen molar-refractivity contribution >= 4 is 15.9 Å². The number of benzene rings is 3. The standard InChI is InChI=1S/C27H22BrF3N2O3/c1-19-10-22(27(29,30)31)12-25(11-19)36-18-26(15-28,16-34-23-6-2-20(13-32)3-7-23)17-35-24-8-4-21(14-33)5-9-24/h2-12H,15-18H2,1H3. The third-order valence-corrected chi connectivity index (χ3v) is 6.45. The number of aryl methyl sites for hydroxylation is 1. The fourth-order valence-electron chi connectivity index (χ4n) is 3.20. The Kier molecular flexibility index (Phi) is 8.84. The van der Waals surface area contributed by atoms with Gasteiger partial charge in [0.1, 0.15) is 37.1 Å². The summed E-state index contributed by atoms with van der Waals surface area (Å²) in [7, 11) is 0. The number of nitriles is 2. The molecule has 0 bridgehead atoms. The first-order chi connectivity index (χ1) is 17.2. The Labute approximate surface area is 215 Å². The number of ether oxygens (including phenoxy) is 3. The van der Waals surface area contributed by atoms with Gasteiger partial charge in [-0.15, -0.1) is 0 Å². The Hall–Kier alpha value is -3.69. The topological polar surface area (TPSA) is 75.3 Å². The molecule has 5 nitrogen and oxygen atoms in total. The molecular weight excluding hydrogens is 537 g/mol. The molecule has 0 atom stereocenters. The van der Waals surface area contributed by atoms with Crippen molar-refractivity contribution in [2.75, 3.05) is 25.2 Å². The van der Waals surface area contributed by atoms with Crippen LogP contribution in [0.1, 0.15) is 22.3 Å². The van der Waals surface area contributed by atoms with Crippen LogP contribution in [0.4, 0.5) is 13.2 Å². The highest BCUT2D eigenvalue weighted by Crippen LogP contribution is 2.33. The van der Waals surface area contributed by atoms with Crippen LogP contribution in [0.15, 0.2) is 66.7 Å². The van der Waals surface area contributed by atoms with E-state index in [-0.39, 0.29) is 25.6 Å². The van der Waals surface area contributed by atoms with Crippen LogP contribution in [0.25, 0.3) is 0 Å². The fraction of sp³-hybridized carbons (Fsp3) is 0.259. The average Bonchev–Trinajstić information content (AvgIpc) is 2.88. The van der Waals surface area contributed by atoms with Crippen molar-refractivity contribution in [3.05, 3.63) is 89.0 Å². The molecule has 0 spiro atoms. The third kappa shape index (κ3) is 7.40. The van der Waals surface area contributed by atoms with E-state index in [2.05, 4.69) is 15.9 Å². The Balaban J connectivity index is 1.81. The van der Waals surface area contributed by atoms with Gasteiger partial charge >= 0.3 is 6.18 Å². The van der Waals surface area contributed by atoms with Crippen molar-refractivity contribution in [2.45, 2.75) is 13.1 Å². The minimum Gasteiger partial charge on any atom is -0.493 e. The van der Waals surface area contributed by atoms with Crippen LogP contribution in [0.5, 0.6) is 17.2 Å². The minimum atomic E-state index is -4.49. The zero-order valence-electron chi connectivity index (χ0n) is 19.3. The van der Waals surface area contributed by atoms with E-state index in [0.717, 1.165) is 12.1 Å². The molecule has 0 aromatic heterocycles. The maximum absolute atomic E-state index is 13.3. The van der Waals surface area contributed by atoms with Crippen LogP contribution in [0, 0.1) is 35.0 Å². The van der Waals surface area contributed by atoms with E-state index in [4.69, 9.17) is 24.7 Å². The molecule has 0 aliphatic carbocycles. The predicted octanol–water partition coefficient (Wildman–Crippen LogP) is 6.68. The number of rotatable bonds is 10. The van der Waals surface area contributed by atoms with Gasteiger partial charge in [-0.3, -0.25) is 0 Å². The highest BCUT2D eigenvalue weighted by molar-refractivity contribution is 9.09. The zero-order chi connectivity index (χ0) is 26.2. The molecule has 0 amide bonds. The van der Waals surface area contributed by atoms with Crippen LogP contribution in [-0.4, -0.2) is 25.2 Å². The second-order valence-corrected chi connectivity index (χ2v) is 8.87. The van der Waals surface area contributed by atoms with E-state index < -0.39 is 17.2 Å². The van der Waals surface area contributed by atoms with E-state index in [1.807, 2.05) is 12.1 Å². The Morgan fingerprint density at radius 2 is 1.17 bits per heavy atom. The molecule has 0 N–H and O–H groups in total. The quantitative estimate of drug-likeness (QED) is 0.259. The molecule has 0 aliphatic heterocycles. The largest absolute Gasteiger partial charge is 0.493 e. The van der Waals surface area contributed by atoms with Crippen molar-refractivity contribution in [3.8, 4) is 29.4 Å². The summed E-state index contributed by atoms with van der Waals surface area (Å²) in [5, 5.41) is 18.3. The van der Waals surface area contributed by atoms with E-state index in [9.17, 15) is 13.2 Å². The smallest absolute Gasteiger partial charge is 0.416 e. The molecule has 0 fully saturated rings. The molecule has 0 unspecified atom stereocenters. The molecule has 186 valence electrons. The number of hydrogen-bond acceptors (Lipinski definition) is 5. The van der Waals surface area contributed by atoms with Gasteiger partial charge in [0, 0.05) is 5.33 Å². The Morgan fingerprint density at radius 3 is 1.56 bits per heavy atom. The second kappa shape index (κ2) is 11.8. The molecule has 9 heteroatoms. The number of hydrogen-bond donors (Lipinski definition) is 0. The van der Waals surface area contributed by atoms with Gasteiger partial charge in [0.2, 0.25) is 0 Å². The highest BCUT2D eigenvalue weighted by atomic mass is 79.9. The van der Waals surface area contributed by atoms with Crippen molar-refractivity contribution in [1.29, 1.82) is 10.5 Å². The first-order valence-corrected chi connectivity index (χ1v) is 11.9. The van der Waals surface area contributed by atoms with Gasteiger partial charge in [0.25, 0.3) is 0 Å². The first kappa shape index (κ1) is 26.9. The first-order valence-electron chi connectivity index (χ1n) is 10.8. The van der Waals surface area contributed by atoms with E-state index in [0.29, 0.717) is 33.5 Å². The van der Waals surface area contributed by atoms with Gasteiger partial charge in [-0.25, -0.2) is 0 Å².